The first-order valence-corrected chi connectivity index (χ1v) is 10.9. The van der Waals surface area contributed by atoms with E-state index in [1.807, 2.05) is 0 Å². The zero-order valence-corrected chi connectivity index (χ0v) is 17.5. The number of Topliss-reactive ketones (excluding diaryl/α,β-unsaturated/α-hetero) is 1. The van der Waals surface area contributed by atoms with Gasteiger partial charge in [-0.3, -0.25) is 14.4 Å². The first-order valence-electron chi connectivity index (χ1n) is 10.9. The summed E-state index contributed by atoms with van der Waals surface area (Å²) < 4.78 is 25.3. The standard InChI is InChI=1S/C23H31FO5/c1-13(25)28-12-23-9-6-15(24)10-19(23)20(27)11-16-17-4-5-21(29-14(2)26)22(17,3)8-7-18(16)23/h10,15-18,21H,4-9,11-12H2,1-3H3. The van der Waals surface area contributed by atoms with Gasteiger partial charge in [0.1, 0.15) is 18.9 Å². The Morgan fingerprint density at radius 2 is 1.86 bits per heavy atom. The molecular formula is C23H31FO5. The molecule has 5 nitrogen and oxygen atoms in total. The van der Waals surface area contributed by atoms with Crippen LogP contribution in [0, 0.1) is 28.6 Å². The molecule has 29 heavy (non-hydrogen) atoms. The van der Waals surface area contributed by atoms with Crippen LogP contribution in [0.15, 0.2) is 11.6 Å². The van der Waals surface area contributed by atoms with Crippen molar-refractivity contribution in [2.24, 2.45) is 28.6 Å². The summed E-state index contributed by atoms with van der Waals surface area (Å²) in [6.07, 6.45) is 5.12. The third-order valence-electron chi connectivity index (χ3n) is 8.37. The van der Waals surface area contributed by atoms with Gasteiger partial charge >= 0.3 is 11.9 Å². The highest BCUT2D eigenvalue weighted by atomic mass is 19.1. The van der Waals surface area contributed by atoms with E-state index in [1.165, 1.54) is 19.9 Å². The van der Waals surface area contributed by atoms with E-state index in [9.17, 15) is 18.8 Å². The number of ketones is 1. The number of hydrogen-bond acceptors (Lipinski definition) is 5. The van der Waals surface area contributed by atoms with E-state index >= 15 is 0 Å². The van der Waals surface area contributed by atoms with Crippen LogP contribution in [0.5, 0.6) is 0 Å². The Balaban J connectivity index is 1.69. The molecular weight excluding hydrogens is 375 g/mol. The molecule has 7 unspecified atom stereocenters. The molecule has 4 aliphatic carbocycles. The molecule has 0 N–H and O–H groups in total. The number of alkyl halides is 1. The second-order valence-corrected chi connectivity index (χ2v) is 9.80. The molecule has 0 radical (unpaired) electrons. The minimum atomic E-state index is -1.11. The summed E-state index contributed by atoms with van der Waals surface area (Å²) in [4.78, 5) is 36.4. The van der Waals surface area contributed by atoms with Crippen molar-refractivity contribution in [1.82, 2.24) is 0 Å². The summed E-state index contributed by atoms with van der Waals surface area (Å²) in [6, 6.07) is 0. The molecule has 3 fully saturated rings. The molecule has 0 spiro atoms. The van der Waals surface area contributed by atoms with Crippen LogP contribution in [-0.2, 0) is 23.9 Å². The highest BCUT2D eigenvalue weighted by Gasteiger charge is 2.63. The molecule has 0 heterocycles. The van der Waals surface area contributed by atoms with Crippen LogP contribution in [0.25, 0.3) is 0 Å². The molecule has 7 atom stereocenters. The first-order chi connectivity index (χ1) is 13.7. The molecule has 0 saturated heterocycles. The lowest BCUT2D eigenvalue weighted by Crippen LogP contribution is -2.56. The maximum absolute atomic E-state index is 14.2. The fourth-order valence-electron chi connectivity index (χ4n) is 7.13. The number of allylic oxidation sites excluding steroid dienone is 1. The van der Waals surface area contributed by atoms with Crippen LogP contribution >= 0.6 is 0 Å². The van der Waals surface area contributed by atoms with E-state index in [2.05, 4.69) is 6.92 Å². The van der Waals surface area contributed by atoms with Gasteiger partial charge in [0.05, 0.1) is 0 Å². The third kappa shape index (κ3) is 3.23. The summed E-state index contributed by atoms with van der Waals surface area (Å²) in [5.74, 6) is 0.0103. The fourth-order valence-corrected chi connectivity index (χ4v) is 7.13. The predicted octanol–water partition coefficient (Wildman–Crippen LogP) is 3.94. The van der Waals surface area contributed by atoms with Crippen LogP contribution in [0.2, 0.25) is 0 Å². The molecule has 4 aliphatic rings. The Labute approximate surface area is 171 Å². The average Bonchev–Trinajstić information content (AvgIpc) is 2.97. The highest BCUT2D eigenvalue weighted by molar-refractivity contribution is 5.98. The smallest absolute Gasteiger partial charge is 0.302 e. The van der Waals surface area contributed by atoms with Crippen molar-refractivity contribution in [2.75, 3.05) is 6.61 Å². The molecule has 160 valence electrons. The molecule has 0 amide bonds. The summed E-state index contributed by atoms with van der Waals surface area (Å²) in [5, 5.41) is 0. The second kappa shape index (κ2) is 7.21. The first kappa shape index (κ1) is 20.5. The lowest BCUT2D eigenvalue weighted by molar-refractivity contribution is -0.162. The molecule has 3 saturated carbocycles. The lowest BCUT2D eigenvalue weighted by Gasteiger charge is -2.57. The maximum Gasteiger partial charge on any atom is 0.302 e. The van der Waals surface area contributed by atoms with Gasteiger partial charge in [-0.15, -0.1) is 0 Å². The third-order valence-corrected chi connectivity index (χ3v) is 8.37. The monoisotopic (exact) mass is 406 g/mol. The topological polar surface area (TPSA) is 69.7 Å². The largest absolute Gasteiger partial charge is 0.465 e. The number of carbonyl (C=O) groups is 3. The molecule has 0 aromatic carbocycles. The van der Waals surface area contributed by atoms with Crippen molar-refractivity contribution in [3.8, 4) is 0 Å². The van der Waals surface area contributed by atoms with Gasteiger partial charge in [0.15, 0.2) is 5.78 Å². The van der Waals surface area contributed by atoms with Gasteiger partial charge in [0, 0.05) is 36.7 Å². The molecule has 6 heteroatoms. The van der Waals surface area contributed by atoms with Gasteiger partial charge in [-0.05, 0) is 62.4 Å². The van der Waals surface area contributed by atoms with Crippen LogP contribution in [0.4, 0.5) is 4.39 Å². The zero-order chi connectivity index (χ0) is 21.0. The van der Waals surface area contributed by atoms with E-state index in [1.54, 1.807) is 0 Å². The Kier molecular flexibility index (Phi) is 5.11. The quantitative estimate of drug-likeness (QED) is 0.664. The summed E-state index contributed by atoms with van der Waals surface area (Å²) in [7, 11) is 0. The van der Waals surface area contributed by atoms with Crippen LogP contribution in [-0.4, -0.2) is 36.6 Å². The van der Waals surface area contributed by atoms with Crippen LogP contribution < -0.4 is 0 Å². The second-order valence-electron chi connectivity index (χ2n) is 9.80. The normalized spacial score (nSPS) is 43.5. The zero-order valence-electron chi connectivity index (χ0n) is 17.5. The summed E-state index contributed by atoms with van der Waals surface area (Å²) >= 11 is 0. The molecule has 0 aromatic rings. The number of ether oxygens (including phenoxy) is 2. The fraction of sp³-hybridized carbons (Fsp3) is 0.783. The number of hydrogen-bond donors (Lipinski definition) is 0. The average molecular weight is 406 g/mol. The SMILES string of the molecule is CC(=O)OCC12CCC(F)C=C1C(=O)CC1C2CCC2(C)C(OC(C)=O)CCC12. The van der Waals surface area contributed by atoms with Gasteiger partial charge in [0.25, 0.3) is 0 Å². The summed E-state index contributed by atoms with van der Waals surface area (Å²) in [6.45, 7) is 5.18. The molecule has 0 aromatic heterocycles. The van der Waals surface area contributed by atoms with E-state index in [0.717, 1.165) is 25.7 Å². The van der Waals surface area contributed by atoms with Crippen LogP contribution in [0.3, 0.4) is 0 Å². The van der Waals surface area contributed by atoms with Crippen molar-refractivity contribution >= 4 is 17.7 Å². The Morgan fingerprint density at radius 3 is 2.55 bits per heavy atom. The number of halogens is 1. The Hall–Kier alpha value is -1.72. The van der Waals surface area contributed by atoms with E-state index < -0.39 is 11.6 Å². The Bertz CT molecular complexity index is 760. The van der Waals surface area contributed by atoms with Crippen LogP contribution in [0.1, 0.15) is 65.7 Å². The van der Waals surface area contributed by atoms with E-state index in [-0.39, 0.29) is 53.6 Å². The van der Waals surface area contributed by atoms with Gasteiger partial charge in [-0.25, -0.2) is 4.39 Å². The predicted molar refractivity (Wildman–Crippen MR) is 104 cm³/mol. The number of esters is 2. The Morgan fingerprint density at radius 1 is 1.10 bits per heavy atom. The van der Waals surface area contributed by atoms with Gasteiger partial charge in [0.2, 0.25) is 0 Å². The number of fused-ring (bicyclic) bond motifs is 5. The molecule has 0 bridgehead atoms. The van der Waals surface area contributed by atoms with E-state index in [4.69, 9.17) is 9.47 Å². The molecule has 4 rings (SSSR count). The van der Waals surface area contributed by atoms with Crippen molar-refractivity contribution in [3.63, 3.8) is 0 Å². The maximum atomic E-state index is 14.2. The summed E-state index contributed by atoms with van der Waals surface area (Å²) in [5.41, 5.74) is -0.152. The highest BCUT2D eigenvalue weighted by Crippen LogP contribution is 2.65. The van der Waals surface area contributed by atoms with Gasteiger partial charge in [-0.2, -0.15) is 0 Å². The minimum absolute atomic E-state index is 0.000869. The van der Waals surface area contributed by atoms with Crippen molar-refractivity contribution in [1.29, 1.82) is 0 Å². The van der Waals surface area contributed by atoms with Gasteiger partial charge in [-0.1, -0.05) is 6.92 Å². The van der Waals surface area contributed by atoms with Crippen molar-refractivity contribution < 1.29 is 28.2 Å². The van der Waals surface area contributed by atoms with Gasteiger partial charge < -0.3 is 9.47 Å². The lowest BCUT2D eigenvalue weighted by atomic mass is 9.46. The van der Waals surface area contributed by atoms with Crippen molar-refractivity contribution in [2.45, 2.75) is 78.0 Å². The van der Waals surface area contributed by atoms with E-state index in [0.29, 0.717) is 24.8 Å². The minimum Gasteiger partial charge on any atom is -0.465 e. The van der Waals surface area contributed by atoms with Crippen molar-refractivity contribution in [3.05, 3.63) is 11.6 Å². The number of carbonyl (C=O) groups excluding carboxylic acids is 3. The number of rotatable bonds is 3. The molecule has 0 aliphatic heterocycles.